The first kappa shape index (κ1) is 39.9. The SMILES string of the molecule is COc1ccc(-c2oc3c(CC=C(C)C)c(OCCCOC(=O)CCCC(=O)O)cc(O)c3c(=O)c2OCCCOC(=O)CCCC(=O)O)cc1. The number of phenols is 1. The van der Waals surface area contributed by atoms with Crippen LogP contribution in [0.15, 0.2) is 51.2 Å². The van der Waals surface area contributed by atoms with Crippen LogP contribution in [0.3, 0.4) is 0 Å². The Bertz CT molecular complexity index is 1750. The Morgan fingerprint density at radius 3 is 1.88 bits per heavy atom. The van der Waals surface area contributed by atoms with E-state index in [2.05, 4.69) is 0 Å². The van der Waals surface area contributed by atoms with Crippen molar-refractivity contribution in [2.24, 2.45) is 0 Å². The molecular formula is C37H44O14. The minimum atomic E-state index is -1.000. The third-order valence-corrected chi connectivity index (χ3v) is 7.38. The lowest BCUT2D eigenvalue weighted by Crippen LogP contribution is -2.14. The number of fused-ring (bicyclic) bond motifs is 1. The third-order valence-electron chi connectivity index (χ3n) is 7.38. The summed E-state index contributed by atoms with van der Waals surface area (Å²) in [6.07, 6.45) is 2.74. The van der Waals surface area contributed by atoms with Gasteiger partial charge < -0.3 is 43.4 Å². The van der Waals surface area contributed by atoms with Crippen LogP contribution in [0.2, 0.25) is 0 Å². The summed E-state index contributed by atoms with van der Waals surface area (Å²) in [6.45, 7) is 3.88. The van der Waals surface area contributed by atoms with E-state index in [1.54, 1.807) is 24.3 Å². The highest BCUT2D eigenvalue weighted by atomic mass is 16.5. The number of aromatic hydroxyl groups is 1. The maximum absolute atomic E-state index is 14.0. The number of carbonyl (C=O) groups is 4. The van der Waals surface area contributed by atoms with Gasteiger partial charge in [-0.3, -0.25) is 24.0 Å². The molecule has 3 aromatic rings. The molecule has 0 radical (unpaired) electrons. The van der Waals surface area contributed by atoms with Crippen LogP contribution in [0.4, 0.5) is 0 Å². The van der Waals surface area contributed by atoms with E-state index in [4.69, 9.17) is 38.3 Å². The number of benzene rings is 2. The van der Waals surface area contributed by atoms with Crippen molar-refractivity contribution in [2.75, 3.05) is 33.5 Å². The molecule has 2 aromatic carbocycles. The van der Waals surface area contributed by atoms with Gasteiger partial charge in [0.25, 0.3) is 0 Å². The van der Waals surface area contributed by atoms with E-state index in [0.717, 1.165) is 5.57 Å². The second kappa shape index (κ2) is 20.2. The van der Waals surface area contributed by atoms with E-state index >= 15 is 0 Å². The van der Waals surface area contributed by atoms with Gasteiger partial charge >= 0.3 is 23.9 Å². The van der Waals surface area contributed by atoms with Crippen LogP contribution in [-0.4, -0.2) is 72.7 Å². The Labute approximate surface area is 294 Å². The largest absolute Gasteiger partial charge is 0.507 e. The summed E-state index contributed by atoms with van der Waals surface area (Å²) in [4.78, 5) is 59.2. The Kier molecular flexibility index (Phi) is 15.8. The highest BCUT2D eigenvalue weighted by Gasteiger charge is 2.24. The van der Waals surface area contributed by atoms with Gasteiger partial charge in [-0.2, -0.15) is 0 Å². The van der Waals surface area contributed by atoms with Crippen molar-refractivity contribution in [3.63, 3.8) is 0 Å². The van der Waals surface area contributed by atoms with Crippen molar-refractivity contribution in [3.05, 3.63) is 57.8 Å². The van der Waals surface area contributed by atoms with Gasteiger partial charge in [0.05, 0.1) is 33.5 Å². The molecule has 14 nitrogen and oxygen atoms in total. The minimum Gasteiger partial charge on any atom is -0.507 e. The summed E-state index contributed by atoms with van der Waals surface area (Å²) in [7, 11) is 1.52. The molecule has 0 atom stereocenters. The number of ether oxygens (including phenoxy) is 5. The van der Waals surface area contributed by atoms with Crippen molar-refractivity contribution in [3.8, 4) is 34.3 Å². The number of hydrogen-bond donors (Lipinski definition) is 3. The van der Waals surface area contributed by atoms with E-state index in [0.29, 0.717) is 23.3 Å². The van der Waals surface area contributed by atoms with E-state index in [9.17, 15) is 29.1 Å². The monoisotopic (exact) mass is 712 g/mol. The fourth-order valence-electron chi connectivity index (χ4n) is 4.81. The lowest BCUT2D eigenvalue weighted by Gasteiger charge is -2.17. The second-order valence-corrected chi connectivity index (χ2v) is 11.7. The lowest BCUT2D eigenvalue weighted by molar-refractivity contribution is -0.145. The quantitative estimate of drug-likeness (QED) is 0.0638. The molecule has 276 valence electrons. The summed E-state index contributed by atoms with van der Waals surface area (Å²) < 4.78 is 33.9. The standard InChI is InChI=1S/C37H44O14/c1-23(2)12-17-26-28(47-18-6-19-48-31(43)10-4-8-29(39)40)22-27(38)33-34(45)37(50-21-7-20-49-32(44)11-5-9-30(41)42)35(51-36(26)33)24-13-15-25(46-3)16-14-24/h12-16,22,38H,4-11,17-21H2,1-3H3,(H,39,40)(H,41,42). The van der Waals surface area contributed by atoms with E-state index < -0.39 is 35.1 Å². The molecule has 3 rings (SSSR count). The highest BCUT2D eigenvalue weighted by molar-refractivity contribution is 5.91. The molecule has 0 amide bonds. The Morgan fingerprint density at radius 1 is 0.784 bits per heavy atom. The van der Waals surface area contributed by atoms with Crippen molar-refractivity contribution in [1.82, 2.24) is 0 Å². The van der Waals surface area contributed by atoms with E-state index in [-0.39, 0.29) is 106 Å². The number of carbonyl (C=O) groups excluding carboxylic acids is 2. The molecule has 0 spiro atoms. The molecule has 1 aromatic heterocycles. The number of hydrogen-bond acceptors (Lipinski definition) is 12. The normalized spacial score (nSPS) is 10.7. The van der Waals surface area contributed by atoms with Crippen LogP contribution in [-0.2, 0) is 35.1 Å². The van der Waals surface area contributed by atoms with Gasteiger partial charge in [-0.25, -0.2) is 0 Å². The number of aliphatic carboxylic acids is 2. The fourth-order valence-corrected chi connectivity index (χ4v) is 4.81. The van der Waals surface area contributed by atoms with Gasteiger partial charge in [0, 0.05) is 55.7 Å². The Hall–Kier alpha value is -5.53. The first-order valence-electron chi connectivity index (χ1n) is 16.5. The Morgan fingerprint density at radius 2 is 1.35 bits per heavy atom. The third kappa shape index (κ3) is 12.7. The number of carboxylic acids is 2. The molecule has 0 aliphatic rings. The van der Waals surface area contributed by atoms with Crippen molar-refractivity contribution < 1.29 is 62.6 Å². The number of methoxy groups -OCH3 is 1. The van der Waals surface area contributed by atoms with Crippen LogP contribution in [0.25, 0.3) is 22.3 Å². The molecule has 14 heteroatoms. The maximum Gasteiger partial charge on any atom is 0.305 e. The summed E-state index contributed by atoms with van der Waals surface area (Å²) in [5, 5.41) is 28.5. The molecule has 0 bridgehead atoms. The zero-order valence-corrected chi connectivity index (χ0v) is 29.0. The van der Waals surface area contributed by atoms with Gasteiger partial charge in [0.2, 0.25) is 11.2 Å². The highest BCUT2D eigenvalue weighted by Crippen LogP contribution is 2.40. The topological polar surface area (TPSA) is 205 Å². The molecule has 51 heavy (non-hydrogen) atoms. The average molecular weight is 713 g/mol. The lowest BCUT2D eigenvalue weighted by atomic mass is 10.0. The minimum absolute atomic E-state index is 0.0105. The summed E-state index contributed by atoms with van der Waals surface area (Å²) in [5.74, 6) is -2.69. The van der Waals surface area contributed by atoms with Gasteiger partial charge in [-0.1, -0.05) is 11.6 Å². The number of esters is 2. The number of allylic oxidation sites excluding steroid dienone is 2. The van der Waals surface area contributed by atoms with Crippen LogP contribution in [0, 0.1) is 0 Å². The zero-order chi connectivity index (χ0) is 37.3. The number of phenolic OH excluding ortho intramolecular Hbond substituents is 1. The van der Waals surface area contributed by atoms with Crippen LogP contribution in [0.1, 0.15) is 70.8 Å². The first-order valence-corrected chi connectivity index (χ1v) is 16.5. The molecule has 0 saturated carbocycles. The predicted octanol–water partition coefficient (Wildman–Crippen LogP) is 5.82. The number of carboxylic acid groups (broad SMARTS) is 2. The van der Waals surface area contributed by atoms with Crippen LogP contribution in [0.5, 0.6) is 23.0 Å². The van der Waals surface area contributed by atoms with Crippen molar-refractivity contribution >= 4 is 34.8 Å². The molecule has 3 N–H and O–H groups in total. The maximum atomic E-state index is 14.0. The molecular weight excluding hydrogens is 668 g/mol. The summed E-state index contributed by atoms with van der Waals surface area (Å²) in [6, 6.07) is 8.08. The summed E-state index contributed by atoms with van der Waals surface area (Å²) >= 11 is 0. The predicted molar refractivity (Wildman–Crippen MR) is 184 cm³/mol. The smallest absolute Gasteiger partial charge is 0.305 e. The molecule has 0 unspecified atom stereocenters. The molecule has 1 heterocycles. The molecule has 0 aliphatic carbocycles. The van der Waals surface area contributed by atoms with E-state index in [1.165, 1.54) is 13.2 Å². The van der Waals surface area contributed by atoms with Gasteiger partial charge in [0.1, 0.15) is 28.2 Å². The zero-order valence-electron chi connectivity index (χ0n) is 29.0. The molecule has 0 saturated heterocycles. The van der Waals surface area contributed by atoms with Gasteiger partial charge in [-0.15, -0.1) is 0 Å². The fraction of sp³-hybridized carbons (Fsp3) is 0.432. The average Bonchev–Trinajstić information content (AvgIpc) is 3.07. The van der Waals surface area contributed by atoms with Crippen LogP contribution < -0.4 is 19.6 Å². The summed E-state index contributed by atoms with van der Waals surface area (Å²) in [5.41, 5.74) is 1.41. The van der Waals surface area contributed by atoms with Crippen molar-refractivity contribution in [2.45, 2.75) is 71.6 Å². The van der Waals surface area contributed by atoms with Crippen LogP contribution >= 0.6 is 0 Å². The first-order chi connectivity index (χ1) is 24.4. The van der Waals surface area contributed by atoms with Gasteiger partial charge in [-0.05, 0) is 57.4 Å². The Balaban J connectivity index is 1.89. The number of rotatable bonds is 22. The molecule has 0 aliphatic heterocycles. The molecule has 0 fully saturated rings. The second-order valence-electron chi connectivity index (χ2n) is 11.7. The van der Waals surface area contributed by atoms with E-state index in [1.807, 2.05) is 19.9 Å². The van der Waals surface area contributed by atoms with Crippen molar-refractivity contribution in [1.29, 1.82) is 0 Å². The van der Waals surface area contributed by atoms with Gasteiger partial charge in [0.15, 0.2) is 5.76 Å².